The number of nitrogens with one attached hydrogen (secondary N) is 2. The van der Waals surface area contributed by atoms with Gasteiger partial charge in [-0.2, -0.15) is 13.2 Å². The van der Waals surface area contributed by atoms with Gasteiger partial charge in [0.05, 0.1) is 6.04 Å². The van der Waals surface area contributed by atoms with Crippen LogP contribution in [0.15, 0.2) is 12.2 Å². The molecule has 32 heavy (non-hydrogen) atoms. The molecule has 2 N–H and O–H groups in total. The van der Waals surface area contributed by atoms with Crippen LogP contribution in [-0.2, 0) is 24.6 Å². The lowest BCUT2D eigenvalue weighted by Crippen LogP contribution is -2.58. The molecule has 1 aliphatic heterocycles. The average Bonchev–Trinajstić information content (AvgIpc) is 3.38. The number of anilines is 1. The van der Waals surface area contributed by atoms with Crippen LogP contribution in [0.3, 0.4) is 0 Å². The third-order valence-electron chi connectivity index (χ3n) is 4.90. The Hall–Kier alpha value is -2.54. The molecule has 2 aliphatic rings. The normalized spacial score (nSPS) is 20.5. The first-order chi connectivity index (χ1) is 14.8. The van der Waals surface area contributed by atoms with E-state index >= 15 is 0 Å². The lowest BCUT2D eigenvalue weighted by molar-refractivity contribution is -0.261. The summed E-state index contributed by atoms with van der Waals surface area (Å²) in [5.74, 6) is -3.24. The Kier molecular flexibility index (Phi) is 6.89. The second-order valence-corrected chi connectivity index (χ2v) is 9.68. The summed E-state index contributed by atoms with van der Waals surface area (Å²) in [7, 11) is 0. The predicted molar refractivity (Wildman–Crippen MR) is 108 cm³/mol. The molecule has 1 aliphatic carbocycles. The van der Waals surface area contributed by atoms with E-state index in [1.807, 2.05) is 20.8 Å². The third kappa shape index (κ3) is 6.25. The van der Waals surface area contributed by atoms with E-state index in [9.17, 15) is 27.6 Å². The minimum Gasteiger partial charge on any atom is -0.360 e. The van der Waals surface area contributed by atoms with Crippen molar-refractivity contribution in [3.63, 3.8) is 0 Å². The van der Waals surface area contributed by atoms with E-state index < -0.39 is 36.0 Å². The van der Waals surface area contributed by atoms with E-state index in [0.717, 1.165) is 17.8 Å². The molecule has 13 heteroatoms. The molecule has 0 unspecified atom stereocenters. The minimum absolute atomic E-state index is 0.0324. The van der Waals surface area contributed by atoms with Crippen molar-refractivity contribution >= 4 is 34.3 Å². The van der Waals surface area contributed by atoms with Gasteiger partial charge in [-0.05, 0) is 25.2 Å². The molecule has 3 rings (SSSR count). The van der Waals surface area contributed by atoms with Crippen LogP contribution in [0, 0.1) is 5.92 Å². The van der Waals surface area contributed by atoms with Crippen molar-refractivity contribution in [3.05, 3.63) is 17.2 Å². The summed E-state index contributed by atoms with van der Waals surface area (Å²) < 4.78 is 37.1. The van der Waals surface area contributed by atoms with E-state index in [4.69, 9.17) is 0 Å². The van der Waals surface area contributed by atoms with Gasteiger partial charge in [0.15, 0.2) is 0 Å². The zero-order chi connectivity index (χ0) is 23.7. The number of carbonyl (C=O) groups excluding carboxylic acids is 3. The third-order valence-corrected chi connectivity index (χ3v) is 6.16. The highest BCUT2D eigenvalue weighted by Gasteiger charge is 2.47. The fourth-order valence-corrected chi connectivity index (χ4v) is 3.65. The minimum atomic E-state index is -5.14. The van der Waals surface area contributed by atoms with Gasteiger partial charge in [0, 0.05) is 18.0 Å². The largest absolute Gasteiger partial charge is 0.492 e. The standard InChI is InChI=1S/C19H24F3N5O4S/c1-18(2,3)15-25-26-17(32-15)24-13(28)7-6-11(10-4-5-10)23-14(29)12-8-9-27(12)31-16(30)19(20,21)22/h6-7,10-12H,4-5,8-9H2,1-3H3,(H,23,29)(H,24,26,28)/b7-6+/t11-,12+/m1/s1. The Balaban J connectivity index is 1.54. The number of nitrogens with zero attached hydrogens (tertiary/aromatic N) is 3. The van der Waals surface area contributed by atoms with Crippen LogP contribution in [0.1, 0.15) is 45.0 Å². The molecule has 0 bridgehead atoms. The first-order valence-electron chi connectivity index (χ1n) is 10.0. The molecular weight excluding hydrogens is 451 g/mol. The molecule has 1 saturated carbocycles. The van der Waals surface area contributed by atoms with Gasteiger partial charge in [0.25, 0.3) is 0 Å². The topological polar surface area (TPSA) is 114 Å². The predicted octanol–water partition coefficient (Wildman–Crippen LogP) is 2.32. The van der Waals surface area contributed by atoms with Crippen LogP contribution in [0.4, 0.5) is 18.3 Å². The zero-order valence-corrected chi connectivity index (χ0v) is 18.5. The van der Waals surface area contributed by atoms with Gasteiger partial charge in [0.2, 0.25) is 16.9 Å². The van der Waals surface area contributed by atoms with Crippen molar-refractivity contribution in [2.75, 3.05) is 11.9 Å². The van der Waals surface area contributed by atoms with Crippen molar-refractivity contribution in [3.8, 4) is 0 Å². The Morgan fingerprint density at radius 2 is 1.88 bits per heavy atom. The van der Waals surface area contributed by atoms with Gasteiger partial charge < -0.3 is 10.2 Å². The highest BCUT2D eigenvalue weighted by atomic mass is 32.1. The molecule has 2 atom stereocenters. The van der Waals surface area contributed by atoms with Crippen LogP contribution in [0.5, 0.6) is 0 Å². The molecule has 176 valence electrons. The molecule has 2 fully saturated rings. The first kappa shape index (κ1) is 24.1. The summed E-state index contributed by atoms with van der Waals surface area (Å²) in [6.07, 6.45) is -0.361. The number of alkyl halides is 3. The van der Waals surface area contributed by atoms with Crippen LogP contribution in [0.25, 0.3) is 0 Å². The highest BCUT2D eigenvalue weighted by molar-refractivity contribution is 7.15. The number of hydrogen-bond donors (Lipinski definition) is 2. The summed E-state index contributed by atoms with van der Waals surface area (Å²) in [4.78, 5) is 39.9. The van der Waals surface area contributed by atoms with Gasteiger partial charge in [-0.1, -0.05) is 38.2 Å². The van der Waals surface area contributed by atoms with Crippen molar-refractivity contribution in [2.45, 2.75) is 63.7 Å². The summed E-state index contributed by atoms with van der Waals surface area (Å²) in [5, 5.41) is 15.2. The van der Waals surface area contributed by atoms with E-state index in [1.165, 1.54) is 17.4 Å². The van der Waals surface area contributed by atoms with Crippen LogP contribution in [0.2, 0.25) is 0 Å². The molecule has 2 heterocycles. The second-order valence-electron chi connectivity index (χ2n) is 8.70. The maximum absolute atomic E-state index is 12.5. The second kappa shape index (κ2) is 9.14. The van der Waals surface area contributed by atoms with Gasteiger partial charge in [0.1, 0.15) is 11.0 Å². The molecule has 9 nitrogen and oxygen atoms in total. The molecule has 0 spiro atoms. The lowest BCUT2D eigenvalue weighted by Gasteiger charge is -2.37. The average molecular weight is 475 g/mol. The van der Waals surface area contributed by atoms with Gasteiger partial charge in [-0.25, -0.2) is 4.79 Å². The molecule has 0 aromatic carbocycles. The van der Waals surface area contributed by atoms with E-state index in [1.54, 1.807) is 6.08 Å². The quantitative estimate of drug-likeness (QED) is 0.582. The number of hydroxylamine groups is 2. The van der Waals surface area contributed by atoms with Crippen molar-refractivity contribution < 1.29 is 32.4 Å². The number of amides is 2. The number of aromatic nitrogens is 2. The van der Waals surface area contributed by atoms with E-state index in [2.05, 4.69) is 25.7 Å². The van der Waals surface area contributed by atoms with E-state index in [-0.39, 0.29) is 24.3 Å². The fraction of sp³-hybridized carbons (Fsp3) is 0.632. The lowest BCUT2D eigenvalue weighted by atomic mass is 9.98. The highest BCUT2D eigenvalue weighted by Crippen LogP contribution is 2.34. The van der Waals surface area contributed by atoms with Gasteiger partial charge in [-0.3, -0.25) is 14.9 Å². The maximum Gasteiger partial charge on any atom is 0.492 e. The Labute approximate surface area is 186 Å². The fourth-order valence-electron chi connectivity index (χ4n) is 2.85. The Morgan fingerprint density at radius 1 is 1.19 bits per heavy atom. The molecule has 1 aromatic rings. The van der Waals surface area contributed by atoms with E-state index in [0.29, 0.717) is 10.2 Å². The Bertz CT molecular complexity index is 908. The molecule has 2 amide bonds. The van der Waals surface area contributed by atoms with Crippen molar-refractivity contribution in [2.24, 2.45) is 5.92 Å². The summed E-state index contributed by atoms with van der Waals surface area (Å²) in [6.45, 7) is 5.98. The van der Waals surface area contributed by atoms with Crippen molar-refractivity contribution in [1.29, 1.82) is 0 Å². The van der Waals surface area contributed by atoms with Crippen LogP contribution < -0.4 is 10.6 Å². The number of carbonyl (C=O) groups is 3. The monoisotopic (exact) mass is 475 g/mol. The summed E-state index contributed by atoms with van der Waals surface area (Å²) in [5.41, 5.74) is -0.193. The maximum atomic E-state index is 12.5. The van der Waals surface area contributed by atoms with Crippen LogP contribution >= 0.6 is 11.3 Å². The molecular formula is C19H24F3N5O4S. The summed E-state index contributed by atoms with van der Waals surface area (Å²) >= 11 is 1.27. The van der Waals surface area contributed by atoms with Gasteiger partial charge >= 0.3 is 12.1 Å². The number of hydrogen-bond acceptors (Lipinski definition) is 8. The van der Waals surface area contributed by atoms with Crippen LogP contribution in [-0.4, -0.2) is 57.8 Å². The van der Waals surface area contributed by atoms with Gasteiger partial charge in [-0.15, -0.1) is 15.3 Å². The molecule has 1 saturated heterocycles. The molecule has 0 radical (unpaired) electrons. The Morgan fingerprint density at radius 3 is 2.38 bits per heavy atom. The molecule has 1 aromatic heterocycles. The number of rotatable bonds is 7. The smallest absolute Gasteiger partial charge is 0.360 e. The SMILES string of the molecule is CC(C)(C)c1nnc(NC(=O)/C=C/[C@@H](NC(=O)[C@@H]2CCN2OC(=O)C(F)(F)F)C2CC2)s1. The summed E-state index contributed by atoms with van der Waals surface area (Å²) in [6, 6.07) is -1.46. The number of halogens is 3. The zero-order valence-electron chi connectivity index (χ0n) is 17.7. The van der Waals surface area contributed by atoms with Crippen molar-refractivity contribution in [1.82, 2.24) is 20.6 Å². The first-order valence-corrected chi connectivity index (χ1v) is 10.9.